The Hall–Kier alpha value is -3.12. The van der Waals surface area contributed by atoms with Gasteiger partial charge in [-0.25, -0.2) is 9.78 Å². The number of carbonyl (C=O) groups is 1. The van der Waals surface area contributed by atoms with Crippen LogP contribution in [0.1, 0.15) is 29.2 Å². The first-order valence-electron chi connectivity index (χ1n) is 10.4. The summed E-state index contributed by atoms with van der Waals surface area (Å²) in [7, 11) is 0. The van der Waals surface area contributed by atoms with Crippen molar-refractivity contribution >= 4 is 21.9 Å². The third-order valence-electron chi connectivity index (χ3n) is 4.82. The van der Waals surface area contributed by atoms with Gasteiger partial charge in [-0.15, -0.1) is 0 Å². The van der Waals surface area contributed by atoms with Crippen LogP contribution in [-0.4, -0.2) is 17.6 Å². The molecule has 0 spiro atoms. The minimum Gasteiger partial charge on any atom is -0.496 e. The molecular formula is C26H26BrNO4. The van der Waals surface area contributed by atoms with E-state index in [1.165, 1.54) is 34.6 Å². The molecule has 2 aromatic carbocycles. The summed E-state index contributed by atoms with van der Waals surface area (Å²) in [6.07, 6.45) is 4.25. The Kier molecular flexibility index (Phi) is 8.45. The Morgan fingerprint density at radius 1 is 1.06 bits per heavy atom. The monoisotopic (exact) mass is 495 g/mol. The van der Waals surface area contributed by atoms with Gasteiger partial charge in [0.1, 0.15) is 13.2 Å². The molecule has 0 bridgehead atoms. The SMILES string of the molecule is CCOC(=O)C=COCc1cc(OCc2cccc(-c3c(C)cccc3C)c2)ncc1Br. The van der Waals surface area contributed by atoms with Crippen LogP contribution >= 0.6 is 15.9 Å². The number of aromatic nitrogens is 1. The van der Waals surface area contributed by atoms with E-state index in [9.17, 15) is 4.79 Å². The molecule has 0 fully saturated rings. The van der Waals surface area contributed by atoms with Gasteiger partial charge in [0.05, 0.1) is 18.9 Å². The molecule has 0 amide bonds. The average Bonchev–Trinajstić information content (AvgIpc) is 2.77. The maximum absolute atomic E-state index is 11.3. The van der Waals surface area contributed by atoms with Crippen LogP contribution in [0, 0.1) is 13.8 Å². The number of ether oxygens (including phenoxy) is 3. The fourth-order valence-electron chi connectivity index (χ4n) is 3.32. The summed E-state index contributed by atoms with van der Waals surface area (Å²) in [5.74, 6) is 0.0621. The van der Waals surface area contributed by atoms with Crippen LogP contribution in [0.2, 0.25) is 0 Å². The van der Waals surface area contributed by atoms with Crippen molar-refractivity contribution in [3.05, 3.63) is 93.8 Å². The smallest absolute Gasteiger partial charge is 0.333 e. The first-order chi connectivity index (χ1) is 15.5. The number of hydrogen-bond donors (Lipinski definition) is 0. The molecule has 166 valence electrons. The van der Waals surface area contributed by atoms with Gasteiger partial charge in [-0.1, -0.05) is 36.4 Å². The van der Waals surface area contributed by atoms with E-state index in [1.54, 1.807) is 13.1 Å². The first kappa shape index (κ1) is 23.5. The van der Waals surface area contributed by atoms with E-state index in [0.717, 1.165) is 15.6 Å². The van der Waals surface area contributed by atoms with Crippen LogP contribution in [0.4, 0.5) is 0 Å². The molecule has 0 aliphatic rings. The molecule has 0 aliphatic carbocycles. The lowest BCUT2D eigenvalue weighted by Gasteiger charge is -2.12. The number of rotatable bonds is 9. The standard InChI is InChI=1S/C26H26BrNO4/c1-4-31-25(29)11-12-30-17-22-14-24(28-15-23(22)27)32-16-20-9-6-10-21(13-20)26-18(2)7-5-8-19(26)3/h5-15H,4,16-17H2,1-3H3. The highest BCUT2D eigenvalue weighted by Gasteiger charge is 2.08. The van der Waals surface area contributed by atoms with E-state index >= 15 is 0 Å². The number of esters is 1. The van der Waals surface area contributed by atoms with Crippen molar-refractivity contribution in [2.45, 2.75) is 34.0 Å². The third kappa shape index (κ3) is 6.44. The molecule has 0 unspecified atom stereocenters. The highest BCUT2D eigenvalue weighted by molar-refractivity contribution is 9.10. The Morgan fingerprint density at radius 2 is 1.81 bits per heavy atom. The second-order valence-corrected chi connectivity index (χ2v) is 8.09. The molecule has 3 rings (SSSR count). The minimum atomic E-state index is -0.437. The van der Waals surface area contributed by atoms with Crippen molar-refractivity contribution in [2.75, 3.05) is 6.61 Å². The maximum Gasteiger partial charge on any atom is 0.333 e. The van der Waals surface area contributed by atoms with Gasteiger partial charge in [0.15, 0.2) is 0 Å². The topological polar surface area (TPSA) is 57.7 Å². The van der Waals surface area contributed by atoms with Gasteiger partial charge in [0.25, 0.3) is 0 Å². The summed E-state index contributed by atoms with van der Waals surface area (Å²) in [4.78, 5) is 15.6. The normalized spacial score (nSPS) is 10.9. The number of nitrogens with zero attached hydrogens (tertiary/aromatic N) is 1. The Labute approximate surface area is 197 Å². The fourth-order valence-corrected chi connectivity index (χ4v) is 3.65. The molecule has 0 atom stereocenters. The van der Waals surface area contributed by atoms with Gasteiger partial charge >= 0.3 is 5.97 Å². The molecule has 0 saturated heterocycles. The van der Waals surface area contributed by atoms with Crippen molar-refractivity contribution in [3.63, 3.8) is 0 Å². The number of carbonyl (C=O) groups excluding carboxylic acids is 1. The lowest BCUT2D eigenvalue weighted by Crippen LogP contribution is -2.00. The van der Waals surface area contributed by atoms with Crippen LogP contribution in [0.3, 0.4) is 0 Å². The number of pyridine rings is 1. The summed E-state index contributed by atoms with van der Waals surface area (Å²) in [5.41, 5.74) is 6.84. The maximum atomic E-state index is 11.3. The van der Waals surface area contributed by atoms with Crippen molar-refractivity contribution in [3.8, 4) is 17.0 Å². The molecule has 3 aromatic rings. The predicted molar refractivity (Wildman–Crippen MR) is 128 cm³/mol. The molecule has 0 N–H and O–H groups in total. The second kappa shape index (κ2) is 11.5. The van der Waals surface area contributed by atoms with Gasteiger partial charge in [-0.05, 0) is 70.6 Å². The molecule has 32 heavy (non-hydrogen) atoms. The lowest BCUT2D eigenvalue weighted by atomic mass is 9.95. The van der Waals surface area contributed by atoms with Crippen molar-refractivity contribution in [1.29, 1.82) is 0 Å². The van der Waals surface area contributed by atoms with Gasteiger partial charge in [0.2, 0.25) is 5.88 Å². The van der Waals surface area contributed by atoms with E-state index in [2.05, 4.69) is 65.1 Å². The second-order valence-electron chi connectivity index (χ2n) is 7.24. The summed E-state index contributed by atoms with van der Waals surface area (Å²) in [5, 5.41) is 0. The summed E-state index contributed by atoms with van der Waals surface area (Å²) in [6.45, 7) is 6.99. The van der Waals surface area contributed by atoms with Crippen molar-refractivity contribution in [2.24, 2.45) is 0 Å². The first-order valence-corrected chi connectivity index (χ1v) is 11.1. The Morgan fingerprint density at radius 3 is 2.56 bits per heavy atom. The van der Waals surface area contributed by atoms with E-state index < -0.39 is 5.97 Å². The van der Waals surface area contributed by atoms with Crippen molar-refractivity contribution in [1.82, 2.24) is 4.98 Å². The predicted octanol–water partition coefficient (Wildman–Crippen LogP) is 6.30. The van der Waals surface area contributed by atoms with Gasteiger partial charge in [0, 0.05) is 22.3 Å². The summed E-state index contributed by atoms with van der Waals surface area (Å²) < 4.78 is 17.0. The average molecular weight is 496 g/mol. The fraction of sp³-hybridized carbons (Fsp3) is 0.231. The Bertz CT molecular complexity index is 1090. The van der Waals surface area contributed by atoms with E-state index in [1.807, 2.05) is 18.2 Å². The van der Waals surface area contributed by atoms with Crippen LogP contribution in [-0.2, 0) is 27.5 Å². The van der Waals surface area contributed by atoms with Gasteiger partial charge in [-0.3, -0.25) is 0 Å². The summed E-state index contributed by atoms with van der Waals surface area (Å²) in [6, 6.07) is 16.5. The highest BCUT2D eigenvalue weighted by atomic mass is 79.9. The quantitative estimate of drug-likeness (QED) is 0.198. The van der Waals surface area contributed by atoms with Crippen LogP contribution in [0.5, 0.6) is 5.88 Å². The number of aryl methyl sites for hydroxylation is 2. The molecule has 6 heteroatoms. The molecule has 1 aromatic heterocycles. The zero-order valence-electron chi connectivity index (χ0n) is 18.4. The molecule has 5 nitrogen and oxygen atoms in total. The minimum absolute atomic E-state index is 0.261. The number of halogens is 1. The van der Waals surface area contributed by atoms with E-state index in [-0.39, 0.29) is 6.61 Å². The zero-order chi connectivity index (χ0) is 22.9. The van der Waals surface area contributed by atoms with E-state index in [4.69, 9.17) is 14.2 Å². The highest BCUT2D eigenvalue weighted by Crippen LogP contribution is 2.28. The molecule has 1 heterocycles. The third-order valence-corrected chi connectivity index (χ3v) is 5.53. The molecule has 0 radical (unpaired) electrons. The van der Waals surface area contributed by atoms with Crippen LogP contribution in [0.25, 0.3) is 11.1 Å². The summed E-state index contributed by atoms with van der Waals surface area (Å²) >= 11 is 3.47. The Balaban J connectivity index is 1.65. The van der Waals surface area contributed by atoms with Crippen LogP contribution < -0.4 is 4.74 Å². The lowest BCUT2D eigenvalue weighted by molar-refractivity contribution is -0.137. The van der Waals surface area contributed by atoms with Gasteiger partial charge < -0.3 is 14.2 Å². The van der Waals surface area contributed by atoms with Gasteiger partial charge in [-0.2, -0.15) is 0 Å². The molecule has 0 saturated carbocycles. The number of benzene rings is 2. The number of hydrogen-bond acceptors (Lipinski definition) is 5. The zero-order valence-corrected chi connectivity index (χ0v) is 20.0. The largest absolute Gasteiger partial charge is 0.496 e. The molecular weight excluding hydrogens is 470 g/mol. The van der Waals surface area contributed by atoms with Crippen molar-refractivity contribution < 1.29 is 19.0 Å². The molecule has 0 aliphatic heterocycles. The van der Waals surface area contributed by atoms with Crippen LogP contribution in [0.15, 0.2) is 71.5 Å². The van der Waals surface area contributed by atoms with E-state index in [0.29, 0.717) is 19.1 Å².